The van der Waals surface area contributed by atoms with E-state index in [1.165, 1.54) is 34.9 Å². The van der Waals surface area contributed by atoms with Crippen molar-refractivity contribution in [2.24, 2.45) is 0 Å². The molecular weight excluding hydrogens is 678 g/mol. The Hall–Kier alpha value is -3.97. The fourth-order valence-corrected chi connectivity index (χ4v) is 7.34. The molecule has 0 unspecified atom stereocenters. The number of halogens is 1. The van der Waals surface area contributed by atoms with Gasteiger partial charge in [0.25, 0.3) is 0 Å². The summed E-state index contributed by atoms with van der Waals surface area (Å²) >= 11 is 7.62. The van der Waals surface area contributed by atoms with E-state index in [0.717, 1.165) is 36.0 Å². The van der Waals surface area contributed by atoms with E-state index in [1.54, 1.807) is 7.11 Å². The number of hydrogen-bond acceptors (Lipinski definition) is 9. The van der Waals surface area contributed by atoms with E-state index >= 15 is 0 Å². The van der Waals surface area contributed by atoms with E-state index in [2.05, 4.69) is 36.4 Å². The maximum Gasteiger partial charge on any atom is 0.234 e. The zero-order valence-electron chi connectivity index (χ0n) is 23.3. The number of amides is 1. The first-order valence-electron chi connectivity index (χ1n) is 13.4. The Kier molecular flexibility index (Phi) is 9.41. The molecule has 0 saturated carbocycles. The number of ketones is 1. The van der Waals surface area contributed by atoms with Crippen molar-refractivity contribution < 1.29 is 14.3 Å². The quantitative estimate of drug-likeness (QED) is 0.107. The molecule has 2 heterocycles. The first-order valence-corrected chi connectivity index (χ1v) is 16.9. The van der Waals surface area contributed by atoms with E-state index in [4.69, 9.17) is 4.74 Å². The lowest BCUT2D eigenvalue weighted by Crippen LogP contribution is -2.14. The third kappa shape index (κ3) is 7.05. The molecule has 0 atom stereocenters. The van der Waals surface area contributed by atoms with Gasteiger partial charge in [-0.05, 0) is 66.7 Å². The minimum absolute atomic E-state index is 0.0476. The lowest BCUT2D eigenvalue weighted by molar-refractivity contribution is -0.113. The molecule has 0 bridgehead atoms. The van der Waals surface area contributed by atoms with E-state index in [0.29, 0.717) is 28.0 Å². The Labute approximate surface area is 274 Å². The van der Waals surface area contributed by atoms with Gasteiger partial charge in [-0.1, -0.05) is 69.8 Å². The monoisotopic (exact) mass is 701 g/mol. The van der Waals surface area contributed by atoms with Crippen LogP contribution in [0.4, 0.5) is 5.69 Å². The van der Waals surface area contributed by atoms with Crippen LogP contribution in [0, 0.1) is 0 Å². The molecule has 44 heavy (non-hydrogen) atoms. The van der Waals surface area contributed by atoms with Crippen LogP contribution in [0.25, 0.3) is 27.3 Å². The van der Waals surface area contributed by atoms with Crippen LogP contribution < -0.4 is 10.1 Å². The number of methoxy groups -OCH3 is 1. The van der Waals surface area contributed by atoms with Gasteiger partial charge in [0.1, 0.15) is 5.75 Å². The van der Waals surface area contributed by atoms with Crippen LogP contribution in [-0.2, 0) is 4.79 Å². The number of ether oxygens (including phenoxy) is 1. The smallest absolute Gasteiger partial charge is 0.234 e. The number of nitrogens with zero attached hydrogens (tertiary/aromatic N) is 4. The van der Waals surface area contributed by atoms with Crippen LogP contribution in [-0.4, -0.2) is 50.1 Å². The number of para-hydroxylation sites is 1. The summed E-state index contributed by atoms with van der Waals surface area (Å²) in [7, 11) is 1.63. The Morgan fingerprint density at radius 2 is 1.68 bits per heavy atom. The zero-order valence-corrected chi connectivity index (χ0v) is 27.3. The number of Topliss-reactive ketones (excluding diaryl/α,β-unsaturated/α-hetero) is 1. The minimum Gasteiger partial charge on any atom is -0.497 e. The second-order valence-electron chi connectivity index (χ2n) is 9.42. The molecule has 0 fully saturated rings. The first kappa shape index (κ1) is 30.1. The van der Waals surface area contributed by atoms with Gasteiger partial charge in [-0.2, -0.15) is 0 Å². The van der Waals surface area contributed by atoms with Crippen molar-refractivity contribution in [3.8, 4) is 22.8 Å². The Morgan fingerprint density at radius 3 is 2.43 bits per heavy atom. The molecule has 8 nitrogen and oxygen atoms in total. The number of thiazole rings is 1. The number of thioether (sulfide) groups is 2. The standard InChI is InChI=1S/C32H24BrN5O3S3/c1-41-25-14-9-21(10-15-25)30-36-37-31(38(30)24-5-3-2-4-6-24)42-19-29(40)34-23-13-16-26-28(17-23)44-32(35-26)43-18-27(39)20-7-11-22(33)12-8-20/h2-17H,18-19H2,1H3,(H,34,40). The predicted octanol–water partition coefficient (Wildman–Crippen LogP) is 8.02. The molecule has 0 spiro atoms. The number of carbonyl (C=O) groups excluding carboxylic acids is 2. The van der Waals surface area contributed by atoms with E-state index < -0.39 is 0 Å². The maximum absolute atomic E-state index is 13.0. The molecule has 0 aliphatic heterocycles. The second kappa shape index (κ2) is 13.8. The van der Waals surface area contributed by atoms with Crippen molar-refractivity contribution in [3.63, 3.8) is 0 Å². The molecular formula is C32H24BrN5O3S3. The zero-order chi connectivity index (χ0) is 30.5. The van der Waals surface area contributed by atoms with Gasteiger partial charge in [0.15, 0.2) is 21.1 Å². The highest BCUT2D eigenvalue weighted by molar-refractivity contribution is 9.10. The van der Waals surface area contributed by atoms with Crippen molar-refractivity contribution >= 4 is 78.4 Å². The number of anilines is 1. The molecule has 0 radical (unpaired) electrons. The summed E-state index contributed by atoms with van der Waals surface area (Å²) in [4.78, 5) is 30.2. The van der Waals surface area contributed by atoms with Gasteiger partial charge < -0.3 is 10.1 Å². The number of carbonyl (C=O) groups is 2. The van der Waals surface area contributed by atoms with Gasteiger partial charge in [-0.3, -0.25) is 14.2 Å². The molecule has 0 aliphatic carbocycles. The van der Waals surface area contributed by atoms with Crippen molar-refractivity contribution in [2.45, 2.75) is 9.50 Å². The van der Waals surface area contributed by atoms with Crippen molar-refractivity contribution in [1.29, 1.82) is 0 Å². The van der Waals surface area contributed by atoms with Gasteiger partial charge in [0.2, 0.25) is 5.91 Å². The molecule has 0 aliphatic rings. The highest BCUT2D eigenvalue weighted by Gasteiger charge is 2.18. The summed E-state index contributed by atoms with van der Waals surface area (Å²) in [5.41, 5.74) is 3.95. The van der Waals surface area contributed by atoms with Crippen molar-refractivity contribution in [1.82, 2.24) is 19.7 Å². The molecule has 1 amide bonds. The third-order valence-electron chi connectivity index (χ3n) is 6.47. The first-order chi connectivity index (χ1) is 21.5. The third-order valence-corrected chi connectivity index (χ3v) is 10.1. The van der Waals surface area contributed by atoms with Gasteiger partial charge in [-0.25, -0.2) is 4.98 Å². The molecule has 12 heteroatoms. The van der Waals surface area contributed by atoms with Gasteiger partial charge >= 0.3 is 0 Å². The topological polar surface area (TPSA) is 99.0 Å². The lowest BCUT2D eigenvalue weighted by Gasteiger charge is -2.11. The molecule has 4 aromatic carbocycles. The largest absolute Gasteiger partial charge is 0.497 e. The summed E-state index contributed by atoms with van der Waals surface area (Å²) in [5, 5.41) is 12.5. The molecule has 0 saturated heterocycles. The molecule has 2 aromatic heterocycles. The number of rotatable bonds is 11. The SMILES string of the molecule is COc1ccc(-c2nnc(SCC(=O)Nc3ccc4nc(SCC(=O)c5ccc(Br)cc5)sc4c3)n2-c2ccccc2)cc1. The van der Waals surface area contributed by atoms with Crippen LogP contribution in [0.5, 0.6) is 5.75 Å². The minimum atomic E-state index is -0.165. The Balaban J connectivity index is 1.11. The summed E-state index contributed by atoms with van der Waals surface area (Å²) < 4.78 is 9.91. The predicted molar refractivity (Wildman–Crippen MR) is 182 cm³/mol. The molecule has 6 rings (SSSR count). The fourth-order valence-electron chi connectivity index (χ4n) is 4.32. The van der Waals surface area contributed by atoms with Gasteiger partial charge in [0, 0.05) is 27.0 Å². The average Bonchev–Trinajstić information content (AvgIpc) is 3.67. The van der Waals surface area contributed by atoms with E-state index in [-0.39, 0.29) is 17.4 Å². The molecule has 220 valence electrons. The average molecular weight is 703 g/mol. The maximum atomic E-state index is 13.0. The van der Waals surface area contributed by atoms with Crippen LogP contribution in [0.3, 0.4) is 0 Å². The Morgan fingerprint density at radius 1 is 0.909 bits per heavy atom. The second-order valence-corrected chi connectivity index (χ2v) is 13.5. The van der Waals surface area contributed by atoms with Gasteiger partial charge in [-0.15, -0.1) is 21.5 Å². The summed E-state index contributed by atoms with van der Waals surface area (Å²) in [6.07, 6.45) is 0. The van der Waals surface area contributed by atoms with Crippen molar-refractivity contribution in [3.05, 3.63) is 107 Å². The number of aromatic nitrogens is 4. The van der Waals surface area contributed by atoms with Crippen LogP contribution in [0.2, 0.25) is 0 Å². The summed E-state index contributed by atoms with van der Waals surface area (Å²) in [6.45, 7) is 0. The van der Waals surface area contributed by atoms with Crippen LogP contribution >= 0.6 is 50.8 Å². The number of hydrogen-bond donors (Lipinski definition) is 1. The van der Waals surface area contributed by atoms with E-state index in [1.807, 2.05) is 102 Å². The number of nitrogens with one attached hydrogen (secondary N) is 1. The highest BCUT2D eigenvalue weighted by atomic mass is 79.9. The van der Waals surface area contributed by atoms with E-state index in [9.17, 15) is 9.59 Å². The van der Waals surface area contributed by atoms with Crippen LogP contribution in [0.1, 0.15) is 10.4 Å². The number of fused-ring (bicyclic) bond motifs is 1. The molecule has 6 aromatic rings. The van der Waals surface area contributed by atoms with Crippen LogP contribution in [0.15, 0.2) is 111 Å². The fraction of sp³-hybridized carbons (Fsp3) is 0.0938. The highest BCUT2D eigenvalue weighted by Crippen LogP contribution is 2.32. The Bertz CT molecular complexity index is 1930. The normalized spacial score (nSPS) is 11.0. The van der Waals surface area contributed by atoms with Crippen molar-refractivity contribution in [2.75, 3.05) is 23.9 Å². The molecule has 1 N–H and O–H groups in total. The number of benzene rings is 4. The van der Waals surface area contributed by atoms with Gasteiger partial charge in [0.05, 0.1) is 28.8 Å². The summed E-state index contributed by atoms with van der Waals surface area (Å²) in [6, 6.07) is 30.4. The summed E-state index contributed by atoms with van der Waals surface area (Å²) in [5.74, 6) is 1.76. The lowest BCUT2D eigenvalue weighted by atomic mass is 10.2.